The van der Waals surface area contributed by atoms with Crippen LogP contribution in [-0.4, -0.2) is 43.8 Å². The molecule has 7 nitrogen and oxygen atoms in total. The van der Waals surface area contributed by atoms with Crippen molar-refractivity contribution in [2.45, 2.75) is 4.90 Å². The van der Waals surface area contributed by atoms with Crippen molar-refractivity contribution in [2.75, 3.05) is 31.1 Å². The number of piperazine rings is 1. The summed E-state index contributed by atoms with van der Waals surface area (Å²) in [5.74, 6) is -0.788. The van der Waals surface area contributed by atoms with E-state index in [1.165, 1.54) is 28.6 Å². The maximum absolute atomic E-state index is 13.8. The van der Waals surface area contributed by atoms with Crippen LogP contribution in [0.3, 0.4) is 0 Å². The van der Waals surface area contributed by atoms with E-state index >= 15 is 0 Å². The average Bonchev–Trinajstić information content (AvgIpc) is 2.62. The maximum Gasteiger partial charge on any atom is 0.292 e. The molecule has 2 aromatic rings. The Bertz CT molecular complexity index is 896. The summed E-state index contributed by atoms with van der Waals surface area (Å²) in [6.45, 7) is 0.836. The number of sulfonamides is 1. The summed E-state index contributed by atoms with van der Waals surface area (Å²) >= 11 is 0. The molecule has 132 valence electrons. The molecular weight excluding hydrogens is 349 g/mol. The van der Waals surface area contributed by atoms with Crippen LogP contribution in [-0.2, 0) is 10.0 Å². The van der Waals surface area contributed by atoms with Crippen LogP contribution < -0.4 is 4.90 Å². The number of anilines is 1. The van der Waals surface area contributed by atoms with Crippen LogP contribution >= 0.6 is 0 Å². The van der Waals surface area contributed by atoms with Gasteiger partial charge in [-0.15, -0.1) is 0 Å². The molecule has 1 fully saturated rings. The van der Waals surface area contributed by atoms with Gasteiger partial charge < -0.3 is 4.90 Å². The molecule has 0 bridgehead atoms. The van der Waals surface area contributed by atoms with Crippen molar-refractivity contribution < 1.29 is 17.7 Å². The molecule has 0 aromatic heterocycles. The molecule has 0 amide bonds. The second-order valence-corrected chi connectivity index (χ2v) is 7.47. The molecule has 1 aliphatic heterocycles. The molecule has 0 N–H and O–H groups in total. The Morgan fingerprint density at radius 1 is 0.960 bits per heavy atom. The summed E-state index contributed by atoms with van der Waals surface area (Å²) in [5, 5.41) is 11.1. The predicted molar refractivity (Wildman–Crippen MR) is 90.5 cm³/mol. The van der Waals surface area contributed by atoms with Crippen LogP contribution in [0.15, 0.2) is 53.4 Å². The highest BCUT2D eigenvalue weighted by Gasteiger charge is 2.31. The number of rotatable bonds is 4. The number of nitrogens with zero attached hydrogens (tertiary/aromatic N) is 3. The second-order valence-electron chi connectivity index (χ2n) is 5.57. The number of hydrogen-bond donors (Lipinski definition) is 0. The van der Waals surface area contributed by atoms with Crippen LogP contribution in [0, 0.1) is 15.9 Å². The van der Waals surface area contributed by atoms with Gasteiger partial charge in [0.25, 0.3) is 5.69 Å². The van der Waals surface area contributed by atoms with Crippen molar-refractivity contribution in [3.63, 3.8) is 0 Å². The highest BCUT2D eigenvalue weighted by atomic mass is 32.2. The van der Waals surface area contributed by atoms with Crippen molar-refractivity contribution in [1.29, 1.82) is 0 Å². The van der Waals surface area contributed by atoms with Gasteiger partial charge in [0, 0.05) is 32.2 Å². The van der Waals surface area contributed by atoms with Gasteiger partial charge >= 0.3 is 0 Å². The Labute approximate surface area is 144 Å². The van der Waals surface area contributed by atoms with Crippen LogP contribution in [0.2, 0.25) is 0 Å². The highest BCUT2D eigenvalue weighted by Crippen LogP contribution is 2.29. The lowest BCUT2D eigenvalue weighted by Crippen LogP contribution is -2.49. The minimum atomic E-state index is -3.93. The molecule has 0 spiro atoms. The van der Waals surface area contributed by atoms with Crippen molar-refractivity contribution in [1.82, 2.24) is 4.31 Å². The van der Waals surface area contributed by atoms with E-state index in [9.17, 15) is 22.9 Å². The quantitative estimate of drug-likeness (QED) is 0.613. The van der Waals surface area contributed by atoms with Crippen molar-refractivity contribution in [3.05, 3.63) is 64.5 Å². The van der Waals surface area contributed by atoms with E-state index in [0.29, 0.717) is 18.8 Å². The van der Waals surface area contributed by atoms with Gasteiger partial charge in [-0.2, -0.15) is 4.31 Å². The zero-order valence-corrected chi connectivity index (χ0v) is 14.0. The summed E-state index contributed by atoms with van der Waals surface area (Å²) in [5.41, 5.74) is 0.434. The summed E-state index contributed by atoms with van der Waals surface area (Å²) < 4.78 is 40.2. The summed E-state index contributed by atoms with van der Waals surface area (Å²) in [4.78, 5) is 12.1. The topological polar surface area (TPSA) is 83.8 Å². The van der Waals surface area contributed by atoms with Gasteiger partial charge in [0.1, 0.15) is 16.4 Å². The standard InChI is InChI=1S/C16H16FN3O4S/c17-13-5-1-4-8-16(13)25(23,24)19-11-9-18(10-12-19)14-6-2-3-7-15(14)20(21)22/h1-8H,9-12H2. The average molecular weight is 365 g/mol. The van der Waals surface area contributed by atoms with E-state index in [1.54, 1.807) is 23.1 Å². The molecular formula is C16H16FN3O4S. The third-order valence-electron chi connectivity index (χ3n) is 4.11. The number of para-hydroxylation sites is 2. The fraction of sp³-hybridized carbons (Fsp3) is 0.250. The molecule has 25 heavy (non-hydrogen) atoms. The smallest absolute Gasteiger partial charge is 0.292 e. The number of nitro benzene ring substituents is 1. The summed E-state index contributed by atoms with van der Waals surface area (Å²) in [6.07, 6.45) is 0. The van der Waals surface area contributed by atoms with Gasteiger partial charge in [0.15, 0.2) is 0 Å². The largest absolute Gasteiger partial charge is 0.363 e. The number of halogens is 1. The lowest BCUT2D eigenvalue weighted by molar-refractivity contribution is -0.384. The molecule has 1 saturated heterocycles. The van der Waals surface area contributed by atoms with Crippen LogP contribution in [0.5, 0.6) is 0 Å². The monoisotopic (exact) mass is 365 g/mol. The Balaban J connectivity index is 1.79. The van der Waals surface area contributed by atoms with Crippen LogP contribution in [0.1, 0.15) is 0 Å². The third-order valence-corrected chi connectivity index (χ3v) is 6.04. The lowest BCUT2D eigenvalue weighted by atomic mass is 10.2. The van der Waals surface area contributed by atoms with Gasteiger partial charge in [0.05, 0.1) is 4.92 Å². The fourth-order valence-corrected chi connectivity index (χ4v) is 4.34. The molecule has 0 aliphatic carbocycles. The van der Waals surface area contributed by atoms with E-state index in [2.05, 4.69) is 0 Å². The molecule has 0 unspecified atom stereocenters. The van der Waals surface area contributed by atoms with Crippen molar-refractivity contribution in [2.24, 2.45) is 0 Å². The highest BCUT2D eigenvalue weighted by molar-refractivity contribution is 7.89. The predicted octanol–water partition coefficient (Wildman–Crippen LogP) is 2.24. The molecule has 1 aliphatic rings. The van der Waals surface area contributed by atoms with E-state index in [4.69, 9.17) is 0 Å². The zero-order valence-electron chi connectivity index (χ0n) is 13.2. The first-order chi connectivity index (χ1) is 11.9. The number of nitro groups is 1. The number of benzene rings is 2. The van der Waals surface area contributed by atoms with E-state index in [-0.39, 0.29) is 23.7 Å². The Morgan fingerprint density at radius 3 is 2.20 bits per heavy atom. The number of hydrogen-bond acceptors (Lipinski definition) is 5. The maximum atomic E-state index is 13.8. The summed E-state index contributed by atoms with van der Waals surface area (Å²) in [7, 11) is -3.93. The van der Waals surface area contributed by atoms with Crippen molar-refractivity contribution >= 4 is 21.4 Å². The van der Waals surface area contributed by atoms with Crippen LogP contribution in [0.25, 0.3) is 0 Å². The minimum absolute atomic E-state index is 0.0205. The molecule has 0 radical (unpaired) electrons. The second kappa shape index (κ2) is 6.77. The first kappa shape index (κ1) is 17.3. The van der Waals surface area contributed by atoms with Gasteiger partial charge in [-0.3, -0.25) is 10.1 Å². The zero-order chi connectivity index (χ0) is 18.0. The van der Waals surface area contributed by atoms with Gasteiger partial charge in [-0.1, -0.05) is 24.3 Å². The summed E-state index contributed by atoms with van der Waals surface area (Å²) in [6, 6.07) is 11.6. The van der Waals surface area contributed by atoms with E-state index < -0.39 is 20.8 Å². The Hall–Kier alpha value is -2.52. The fourth-order valence-electron chi connectivity index (χ4n) is 2.85. The molecule has 0 atom stereocenters. The van der Waals surface area contributed by atoms with Crippen LogP contribution in [0.4, 0.5) is 15.8 Å². The SMILES string of the molecule is O=[N+]([O-])c1ccccc1N1CCN(S(=O)(=O)c2ccccc2F)CC1. The Morgan fingerprint density at radius 2 is 1.56 bits per heavy atom. The Kier molecular flexibility index (Phi) is 4.69. The van der Waals surface area contributed by atoms with Crippen molar-refractivity contribution in [3.8, 4) is 0 Å². The minimum Gasteiger partial charge on any atom is -0.363 e. The molecule has 3 rings (SSSR count). The first-order valence-corrected chi connectivity index (χ1v) is 9.08. The van der Waals surface area contributed by atoms with Gasteiger partial charge in [-0.05, 0) is 18.2 Å². The van der Waals surface area contributed by atoms with E-state index in [0.717, 1.165) is 6.07 Å². The van der Waals surface area contributed by atoms with Gasteiger partial charge in [-0.25, -0.2) is 12.8 Å². The first-order valence-electron chi connectivity index (χ1n) is 7.64. The van der Waals surface area contributed by atoms with E-state index in [1.807, 2.05) is 0 Å². The molecule has 0 saturated carbocycles. The molecule has 1 heterocycles. The van der Waals surface area contributed by atoms with Gasteiger partial charge in [0.2, 0.25) is 10.0 Å². The third kappa shape index (κ3) is 3.33. The molecule has 9 heteroatoms. The molecule has 2 aromatic carbocycles. The lowest BCUT2D eigenvalue weighted by Gasteiger charge is -2.35. The normalized spacial score (nSPS) is 16.0.